The summed E-state index contributed by atoms with van der Waals surface area (Å²) in [6.07, 6.45) is 1.64. The molecule has 1 aromatic rings. The predicted octanol–water partition coefficient (Wildman–Crippen LogP) is 3.06. The third kappa shape index (κ3) is 5.81. The zero-order valence-electron chi connectivity index (χ0n) is 11.0. The average molecular weight is 304 g/mol. The third-order valence-electron chi connectivity index (χ3n) is 2.92. The third-order valence-corrected chi connectivity index (χ3v) is 3.78. The molecule has 2 N–H and O–H groups in total. The number of aliphatic hydroxyl groups is 1. The summed E-state index contributed by atoms with van der Waals surface area (Å²) in [5, 5.41) is 12.6. The molecule has 0 saturated heterocycles. The van der Waals surface area contributed by atoms with E-state index in [1.165, 1.54) is 0 Å². The van der Waals surface area contributed by atoms with Crippen molar-refractivity contribution in [3.05, 3.63) is 33.8 Å². The van der Waals surface area contributed by atoms with E-state index in [-0.39, 0.29) is 18.4 Å². The largest absolute Gasteiger partial charge is 0.396 e. The van der Waals surface area contributed by atoms with Gasteiger partial charge in [-0.25, -0.2) is 0 Å². The summed E-state index contributed by atoms with van der Waals surface area (Å²) >= 11 is 12.0. The number of hydrogen-bond donors (Lipinski definition) is 2. The predicted molar refractivity (Wildman–Crippen MR) is 78.7 cm³/mol. The van der Waals surface area contributed by atoms with Gasteiger partial charge in [-0.1, -0.05) is 42.3 Å². The van der Waals surface area contributed by atoms with Gasteiger partial charge < -0.3 is 10.4 Å². The molecule has 0 aromatic heterocycles. The number of aliphatic hydroxyl groups excluding tert-OH is 1. The number of benzene rings is 1. The Kier molecular flexibility index (Phi) is 7.21. The van der Waals surface area contributed by atoms with E-state index in [0.717, 1.165) is 5.56 Å². The van der Waals surface area contributed by atoms with Gasteiger partial charge in [0, 0.05) is 19.6 Å². The lowest BCUT2D eigenvalue weighted by Crippen LogP contribution is -2.28. The number of nitrogens with one attached hydrogen (secondary N) is 1. The van der Waals surface area contributed by atoms with E-state index in [1.807, 2.05) is 19.1 Å². The van der Waals surface area contributed by atoms with Gasteiger partial charge in [0.1, 0.15) is 0 Å². The molecule has 1 rings (SSSR count). The van der Waals surface area contributed by atoms with Crippen LogP contribution in [-0.4, -0.2) is 24.2 Å². The van der Waals surface area contributed by atoms with Crippen LogP contribution in [0.4, 0.5) is 0 Å². The van der Waals surface area contributed by atoms with Gasteiger partial charge in [-0.3, -0.25) is 4.79 Å². The Morgan fingerprint density at radius 1 is 1.42 bits per heavy atom. The van der Waals surface area contributed by atoms with Crippen molar-refractivity contribution in [3.63, 3.8) is 0 Å². The topological polar surface area (TPSA) is 49.3 Å². The first kappa shape index (κ1) is 16.3. The fraction of sp³-hybridized carbons (Fsp3) is 0.500. The molecule has 5 heteroatoms. The molecule has 19 heavy (non-hydrogen) atoms. The van der Waals surface area contributed by atoms with Crippen LogP contribution >= 0.6 is 23.2 Å². The number of amides is 1. The maximum atomic E-state index is 11.7. The summed E-state index contributed by atoms with van der Waals surface area (Å²) in [7, 11) is 0. The highest BCUT2D eigenvalue weighted by molar-refractivity contribution is 6.42. The van der Waals surface area contributed by atoms with E-state index in [1.54, 1.807) is 6.07 Å². The summed E-state index contributed by atoms with van der Waals surface area (Å²) < 4.78 is 0. The molecule has 106 valence electrons. The minimum atomic E-state index is -0.0131. The van der Waals surface area contributed by atoms with Crippen molar-refractivity contribution in [1.29, 1.82) is 0 Å². The molecule has 0 bridgehead atoms. The number of hydrogen-bond acceptors (Lipinski definition) is 2. The van der Waals surface area contributed by atoms with Crippen LogP contribution < -0.4 is 5.32 Å². The minimum Gasteiger partial charge on any atom is -0.396 e. The van der Waals surface area contributed by atoms with Crippen molar-refractivity contribution >= 4 is 29.1 Å². The van der Waals surface area contributed by atoms with Gasteiger partial charge in [-0.15, -0.1) is 0 Å². The first-order valence-corrected chi connectivity index (χ1v) is 7.10. The number of halogens is 2. The molecule has 1 unspecified atom stereocenters. The summed E-state index contributed by atoms with van der Waals surface area (Å²) in [5.74, 6) is 0.268. The van der Waals surface area contributed by atoms with Gasteiger partial charge in [-0.2, -0.15) is 0 Å². The molecule has 0 saturated carbocycles. The van der Waals surface area contributed by atoms with E-state index in [9.17, 15) is 4.79 Å². The fourth-order valence-corrected chi connectivity index (χ4v) is 2.10. The molecule has 0 heterocycles. The van der Waals surface area contributed by atoms with Crippen molar-refractivity contribution in [3.8, 4) is 0 Å². The first-order chi connectivity index (χ1) is 9.04. The Morgan fingerprint density at radius 3 is 2.84 bits per heavy atom. The summed E-state index contributed by atoms with van der Waals surface area (Å²) in [5.41, 5.74) is 0.882. The number of rotatable bonds is 7. The second-order valence-electron chi connectivity index (χ2n) is 4.63. The van der Waals surface area contributed by atoms with Crippen molar-refractivity contribution in [2.24, 2.45) is 5.92 Å². The monoisotopic (exact) mass is 303 g/mol. The molecule has 0 aliphatic heterocycles. The van der Waals surface area contributed by atoms with Crippen LogP contribution in [0.2, 0.25) is 10.0 Å². The molecule has 0 aliphatic carbocycles. The Labute approximate surface area is 123 Å². The van der Waals surface area contributed by atoms with Crippen molar-refractivity contribution < 1.29 is 9.90 Å². The standard InChI is InChI=1S/C14H19Cl2NO2/c1-10(7-8-18)9-17-13(19)6-5-11-3-2-4-12(15)14(11)16/h2-4,10,18H,5-9H2,1H3,(H,17,19). The number of carbonyl (C=O) groups excluding carboxylic acids is 1. The Hall–Kier alpha value is -0.770. The zero-order valence-corrected chi connectivity index (χ0v) is 12.5. The molecule has 0 spiro atoms. The highest BCUT2D eigenvalue weighted by Gasteiger charge is 2.08. The SMILES string of the molecule is CC(CCO)CNC(=O)CCc1cccc(Cl)c1Cl. The van der Waals surface area contributed by atoms with Gasteiger partial charge >= 0.3 is 0 Å². The van der Waals surface area contributed by atoms with Crippen LogP contribution in [0.1, 0.15) is 25.3 Å². The summed E-state index contributed by atoms with van der Waals surface area (Å²) in [6.45, 7) is 2.72. The van der Waals surface area contributed by atoms with Crippen LogP contribution in [0.25, 0.3) is 0 Å². The molecule has 0 radical (unpaired) electrons. The van der Waals surface area contributed by atoms with Gasteiger partial charge in [-0.05, 0) is 30.4 Å². The smallest absolute Gasteiger partial charge is 0.220 e. The van der Waals surface area contributed by atoms with Crippen molar-refractivity contribution in [2.45, 2.75) is 26.2 Å². The Balaban J connectivity index is 2.36. The van der Waals surface area contributed by atoms with E-state index in [4.69, 9.17) is 28.3 Å². The lowest BCUT2D eigenvalue weighted by atomic mass is 10.1. The number of aryl methyl sites for hydroxylation is 1. The van der Waals surface area contributed by atoms with Gasteiger partial charge in [0.05, 0.1) is 10.0 Å². The van der Waals surface area contributed by atoms with E-state index in [0.29, 0.717) is 35.9 Å². The molecule has 0 fully saturated rings. The number of carbonyl (C=O) groups is 1. The normalized spacial score (nSPS) is 12.2. The zero-order chi connectivity index (χ0) is 14.3. The second kappa shape index (κ2) is 8.41. The highest BCUT2D eigenvalue weighted by Crippen LogP contribution is 2.26. The van der Waals surface area contributed by atoms with Crippen LogP contribution in [0, 0.1) is 5.92 Å². The van der Waals surface area contributed by atoms with Crippen LogP contribution in [-0.2, 0) is 11.2 Å². The van der Waals surface area contributed by atoms with E-state index >= 15 is 0 Å². The Bertz CT molecular complexity index is 424. The molecule has 1 atom stereocenters. The van der Waals surface area contributed by atoms with Crippen molar-refractivity contribution in [2.75, 3.05) is 13.2 Å². The lowest BCUT2D eigenvalue weighted by Gasteiger charge is -2.11. The lowest BCUT2D eigenvalue weighted by molar-refractivity contribution is -0.121. The van der Waals surface area contributed by atoms with Crippen molar-refractivity contribution in [1.82, 2.24) is 5.32 Å². The Morgan fingerprint density at radius 2 is 2.16 bits per heavy atom. The highest BCUT2D eigenvalue weighted by atomic mass is 35.5. The average Bonchev–Trinajstić information content (AvgIpc) is 2.38. The molecule has 0 aliphatic rings. The molecule has 3 nitrogen and oxygen atoms in total. The van der Waals surface area contributed by atoms with Gasteiger partial charge in [0.15, 0.2) is 0 Å². The minimum absolute atomic E-state index is 0.0131. The van der Waals surface area contributed by atoms with Crippen LogP contribution in [0.5, 0.6) is 0 Å². The maximum absolute atomic E-state index is 11.7. The molecular formula is C14H19Cl2NO2. The quantitative estimate of drug-likeness (QED) is 0.813. The second-order valence-corrected chi connectivity index (χ2v) is 5.42. The van der Waals surface area contributed by atoms with E-state index < -0.39 is 0 Å². The molecule has 1 aromatic carbocycles. The first-order valence-electron chi connectivity index (χ1n) is 6.35. The van der Waals surface area contributed by atoms with Crippen LogP contribution in [0.15, 0.2) is 18.2 Å². The summed E-state index contributed by atoms with van der Waals surface area (Å²) in [4.78, 5) is 11.7. The van der Waals surface area contributed by atoms with Gasteiger partial charge in [0.2, 0.25) is 5.91 Å². The molecular weight excluding hydrogens is 285 g/mol. The molecule has 1 amide bonds. The maximum Gasteiger partial charge on any atom is 0.220 e. The van der Waals surface area contributed by atoms with Crippen LogP contribution in [0.3, 0.4) is 0 Å². The van der Waals surface area contributed by atoms with Gasteiger partial charge in [0.25, 0.3) is 0 Å². The van der Waals surface area contributed by atoms with E-state index in [2.05, 4.69) is 5.32 Å². The fourth-order valence-electron chi connectivity index (χ4n) is 1.69. The summed E-state index contributed by atoms with van der Waals surface area (Å²) in [6, 6.07) is 5.42.